The first-order chi connectivity index (χ1) is 12.7. The number of hydrogen-bond donors (Lipinski definition) is 1. The lowest BCUT2D eigenvalue weighted by molar-refractivity contribution is 0.0978. The Morgan fingerprint density at radius 1 is 1.12 bits per heavy atom. The highest BCUT2D eigenvalue weighted by Gasteiger charge is 2.19. The Morgan fingerprint density at radius 2 is 1.92 bits per heavy atom. The van der Waals surface area contributed by atoms with Gasteiger partial charge >= 0.3 is 0 Å². The predicted octanol–water partition coefficient (Wildman–Crippen LogP) is 4.61. The molecule has 5 heteroatoms. The fourth-order valence-electron chi connectivity index (χ4n) is 3.16. The topological polar surface area (TPSA) is 63.6 Å². The number of Topliss-reactive ketones (excluding diaryl/α,β-unsaturated/α-hetero) is 1. The van der Waals surface area contributed by atoms with E-state index in [0.717, 1.165) is 28.5 Å². The van der Waals surface area contributed by atoms with Crippen molar-refractivity contribution in [3.63, 3.8) is 0 Å². The number of aromatic amines is 1. The van der Waals surface area contributed by atoms with Gasteiger partial charge in [-0.2, -0.15) is 5.10 Å². The largest absolute Gasteiger partial charge is 0.335 e. The standard InChI is InChI=1S/C21H20N4O/c1-3-7-18(26)20-19(23-21(24-20)14-8-5-4-6-9-14)15-10-11-16-13-22-25(2)17(16)12-15/h4-6,8-13H,3,7H2,1-2H3,(H,23,24). The highest BCUT2D eigenvalue weighted by Crippen LogP contribution is 2.29. The van der Waals surface area contributed by atoms with Crippen LogP contribution in [0, 0.1) is 0 Å². The average Bonchev–Trinajstić information content (AvgIpc) is 3.27. The molecule has 26 heavy (non-hydrogen) atoms. The molecule has 2 aromatic carbocycles. The van der Waals surface area contributed by atoms with E-state index in [2.05, 4.69) is 10.1 Å². The van der Waals surface area contributed by atoms with Crippen LogP contribution >= 0.6 is 0 Å². The number of nitrogens with zero attached hydrogens (tertiary/aromatic N) is 3. The van der Waals surface area contributed by atoms with Crippen molar-refractivity contribution < 1.29 is 4.79 Å². The van der Waals surface area contributed by atoms with Gasteiger partial charge in [-0.05, 0) is 12.5 Å². The van der Waals surface area contributed by atoms with Crippen molar-refractivity contribution in [2.24, 2.45) is 7.05 Å². The highest BCUT2D eigenvalue weighted by atomic mass is 16.1. The van der Waals surface area contributed by atoms with Crippen molar-refractivity contribution in [2.45, 2.75) is 19.8 Å². The molecule has 0 atom stereocenters. The molecule has 0 saturated carbocycles. The second kappa shape index (κ2) is 6.59. The van der Waals surface area contributed by atoms with Crippen LogP contribution < -0.4 is 0 Å². The van der Waals surface area contributed by atoms with Gasteiger partial charge in [0, 0.05) is 30.0 Å². The van der Waals surface area contributed by atoms with Crippen LogP contribution in [0.15, 0.2) is 54.7 Å². The second-order valence-electron chi connectivity index (χ2n) is 6.39. The van der Waals surface area contributed by atoms with Crippen molar-refractivity contribution in [3.8, 4) is 22.6 Å². The van der Waals surface area contributed by atoms with E-state index >= 15 is 0 Å². The van der Waals surface area contributed by atoms with Gasteiger partial charge < -0.3 is 4.98 Å². The molecular weight excluding hydrogens is 324 g/mol. The third-order valence-electron chi connectivity index (χ3n) is 4.53. The molecule has 2 heterocycles. The maximum absolute atomic E-state index is 12.7. The summed E-state index contributed by atoms with van der Waals surface area (Å²) in [4.78, 5) is 20.7. The van der Waals surface area contributed by atoms with E-state index in [0.29, 0.717) is 23.6 Å². The van der Waals surface area contributed by atoms with Gasteiger partial charge in [0.1, 0.15) is 11.5 Å². The summed E-state index contributed by atoms with van der Waals surface area (Å²) in [5.41, 5.74) is 4.17. The Kier molecular flexibility index (Phi) is 4.13. The first-order valence-electron chi connectivity index (χ1n) is 8.78. The van der Waals surface area contributed by atoms with Gasteiger partial charge in [-0.3, -0.25) is 9.48 Å². The molecule has 0 saturated heterocycles. The first kappa shape index (κ1) is 16.3. The molecule has 0 aliphatic rings. The molecule has 1 N–H and O–H groups in total. The molecule has 0 aliphatic heterocycles. The lowest BCUT2D eigenvalue weighted by Gasteiger charge is -2.03. The molecule has 4 aromatic rings. The zero-order chi connectivity index (χ0) is 18.1. The summed E-state index contributed by atoms with van der Waals surface area (Å²) in [6, 6.07) is 15.9. The zero-order valence-corrected chi connectivity index (χ0v) is 14.9. The van der Waals surface area contributed by atoms with Gasteiger partial charge in [0.15, 0.2) is 5.78 Å². The Morgan fingerprint density at radius 3 is 2.69 bits per heavy atom. The van der Waals surface area contributed by atoms with Crippen LogP contribution in [0.3, 0.4) is 0 Å². The maximum atomic E-state index is 12.7. The number of fused-ring (bicyclic) bond motifs is 1. The molecule has 0 fully saturated rings. The van der Waals surface area contributed by atoms with E-state index in [4.69, 9.17) is 4.98 Å². The molecule has 0 bridgehead atoms. The van der Waals surface area contributed by atoms with Crippen LogP contribution in [-0.4, -0.2) is 25.5 Å². The third kappa shape index (κ3) is 2.81. The summed E-state index contributed by atoms with van der Waals surface area (Å²) in [7, 11) is 1.91. The van der Waals surface area contributed by atoms with Crippen LogP contribution in [0.5, 0.6) is 0 Å². The molecular formula is C21H20N4O. The molecule has 4 rings (SSSR count). The minimum absolute atomic E-state index is 0.0854. The summed E-state index contributed by atoms with van der Waals surface area (Å²) in [5.74, 6) is 0.799. The SMILES string of the molecule is CCCC(=O)c1[nH]c(-c2ccccc2)nc1-c1ccc2cnn(C)c2c1. The van der Waals surface area contributed by atoms with Crippen LogP contribution in [0.25, 0.3) is 33.5 Å². The number of aromatic nitrogens is 4. The number of carbonyl (C=O) groups is 1. The number of aryl methyl sites for hydroxylation is 1. The average molecular weight is 344 g/mol. The summed E-state index contributed by atoms with van der Waals surface area (Å²) >= 11 is 0. The van der Waals surface area contributed by atoms with Crippen molar-refractivity contribution in [1.82, 2.24) is 19.7 Å². The molecule has 130 valence electrons. The Balaban J connectivity index is 1.88. The van der Waals surface area contributed by atoms with Crippen LogP contribution in [0.4, 0.5) is 0 Å². The number of hydrogen-bond acceptors (Lipinski definition) is 3. The molecule has 0 radical (unpaired) electrons. The van der Waals surface area contributed by atoms with Gasteiger partial charge in [0.25, 0.3) is 0 Å². The number of ketones is 1. The predicted molar refractivity (Wildman–Crippen MR) is 103 cm³/mol. The molecule has 0 aliphatic carbocycles. The van der Waals surface area contributed by atoms with E-state index in [1.807, 2.05) is 73.4 Å². The Hall–Kier alpha value is -3.21. The summed E-state index contributed by atoms with van der Waals surface area (Å²) in [6.07, 6.45) is 3.14. The van der Waals surface area contributed by atoms with Gasteiger partial charge in [0.05, 0.1) is 17.4 Å². The number of nitrogens with one attached hydrogen (secondary N) is 1. The van der Waals surface area contributed by atoms with Crippen molar-refractivity contribution in [2.75, 3.05) is 0 Å². The number of benzene rings is 2. The zero-order valence-electron chi connectivity index (χ0n) is 14.9. The van der Waals surface area contributed by atoms with Crippen molar-refractivity contribution in [3.05, 3.63) is 60.4 Å². The summed E-state index contributed by atoms with van der Waals surface area (Å²) in [5, 5.41) is 5.36. The number of H-pyrrole nitrogens is 1. The minimum Gasteiger partial charge on any atom is -0.335 e. The lowest BCUT2D eigenvalue weighted by Crippen LogP contribution is -2.01. The van der Waals surface area contributed by atoms with Crippen LogP contribution in [0.2, 0.25) is 0 Å². The first-order valence-corrected chi connectivity index (χ1v) is 8.78. The van der Waals surface area contributed by atoms with Gasteiger partial charge in [-0.15, -0.1) is 0 Å². The molecule has 0 unspecified atom stereocenters. The normalized spacial score (nSPS) is 11.2. The summed E-state index contributed by atoms with van der Waals surface area (Å²) < 4.78 is 1.83. The lowest BCUT2D eigenvalue weighted by atomic mass is 10.0. The Labute approximate surface area is 151 Å². The van der Waals surface area contributed by atoms with E-state index in [1.54, 1.807) is 0 Å². The molecule has 0 spiro atoms. The van der Waals surface area contributed by atoms with Crippen LogP contribution in [0.1, 0.15) is 30.3 Å². The number of carbonyl (C=O) groups excluding carboxylic acids is 1. The maximum Gasteiger partial charge on any atom is 0.181 e. The third-order valence-corrected chi connectivity index (χ3v) is 4.53. The monoisotopic (exact) mass is 344 g/mol. The molecule has 5 nitrogen and oxygen atoms in total. The van der Waals surface area contributed by atoms with Crippen molar-refractivity contribution >= 4 is 16.7 Å². The number of imidazole rings is 1. The van der Waals surface area contributed by atoms with Crippen molar-refractivity contribution in [1.29, 1.82) is 0 Å². The van der Waals surface area contributed by atoms with E-state index in [9.17, 15) is 4.79 Å². The quantitative estimate of drug-likeness (QED) is 0.538. The van der Waals surface area contributed by atoms with Gasteiger partial charge in [-0.25, -0.2) is 4.98 Å². The Bertz CT molecular complexity index is 1080. The molecule has 0 amide bonds. The van der Waals surface area contributed by atoms with Gasteiger partial charge in [-0.1, -0.05) is 49.4 Å². The number of rotatable bonds is 5. The molecule has 2 aromatic heterocycles. The highest BCUT2D eigenvalue weighted by molar-refractivity contribution is 6.01. The van der Waals surface area contributed by atoms with Crippen LogP contribution in [-0.2, 0) is 7.05 Å². The fourth-order valence-corrected chi connectivity index (χ4v) is 3.16. The fraction of sp³-hybridized carbons (Fsp3) is 0.190. The minimum atomic E-state index is 0.0854. The summed E-state index contributed by atoms with van der Waals surface area (Å²) in [6.45, 7) is 2.01. The van der Waals surface area contributed by atoms with E-state index in [-0.39, 0.29) is 5.78 Å². The van der Waals surface area contributed by atoms with Gasteiger partial charge in [0.2, 0.25) is 0 Å². The van der Waals surface area contributed by atoms with E-state index < -0.39 is 0 Å². The second-order valence-corrected chi connectivity index (χ2v) is 6.39. The smallest absolute Gasteiger partial charge is 0.181 e. The van der Waals surface area contributed by atoms with E-state index in [1.165, 1.54) is 0 Å².